The molecular weight excluding hydrogens is 166 g/mol. The minimum atomic E-state index is -0.0972. The lowest BCUT2D eigenvalue weighted by atomic mass is 11.2. The molecule has 0 aromatic carbocycles. The zero-order chi connectivity index (χ0) is 8.69. The van der Waals surface area contributed by atoms with Crippen molar-refractivity contribution in [3.05, 3.63) is 12.7 Å². The van der Waals surface area contributed by atoms with Gasteiger partial charge in [-0.2, -0.15) is 5.10 Å². The van der Waals surface area contributed by atoms with E-state index in [0.29, 0.717) is 0 Å². The molecule has 0 radical (unpaired) electrons. The van der Waals surface area contributed by atoms with E-state index in [1.165, 1.54) is 17.3 Å². The highest BCUT2D eigenvalue weighted by Crippen LogP contribution is 1.71. The van der Waals surface area contributed by atoms with E-state index in [2.05, 4.69) is 33.8 Å². The van der Waals surface area contributed by atoms with Crippen molar-refractivity contribution in [3.63, 3.8) is 0 Å². The first kappa shape index (κ1) is 9.79. The van der Waals surface area contributed by atoms with E-state index < -0.39 is 0 Å². The van der Waals surface area contributed by atoms with Crippen molar-refractivity contribution in [1.82, 2.24) is 14.8 Å². The molecule has 0 atom stereocenters. The fraction of sp³-hybridized carbons (Fsp3) is 0.250. The van der Waals surface area contributed by atoms with Crippen LogP contribution in [0.1, 0.15) is 0 Å². The summed E-state index contributed by atoms with van der Waals surface area (Å²) in [6.45, 7) is -0.0972. The molecule has 0 bridgehead atoms. The van der Waals surface area contributed by atoms with Crippen LogP contribution in [0.5, 0.6) is 0 Å². The van der Waals surface area contributed by atoms with Crippen LogP contribution in [0, 0.1) is 0 Å². The van der Waals surface area contributed by atoms with E-state index in [9.17, 15) is 0 Å². The van der Waals surface area contributed by atoms with E-state index in [-0.39, 0.29) is 11.8 Å². The molecule has 1 rings (SSSR count). The smallest absolute Gasteiger partial charge is 0.160 e. The first-order valence-corrected chi connectivity index (χ1v) is 3.05. The second-order valence-electron chi connectivity index (χ2n) is 1.48. The molecule has 7 heteroatoms. The Morgan fingerprint density at radius 1 is 1.64 bits per heavy atom. The standard InChI is InChI=1S/C3H5N3O.CH4N2S/c7-3-6-2-4-1-5-6;2-1(3)4/h1-2,7H,3H2;(H4,2,3,4). The van der Waals surface area contributed by atoms with Gasteiger partial charge in [-0.05, 0) is 12.2 Å². The molecule has 62 valence electrons. The maximum Gasteiger partial charge on any atom is 0.160 e. The molecular formula is C4H9N5OS. The highest BCUT2D eigenvalue weighted by atomic mass is 32.1. The Morgan fingerprint density at radius 3 is 2.36 bits per heavy atom. The summed E-state index contributed by atoms with van der Waals surface area (Å²) < 4.78 is 1.32. The van der Waals surface area contributed by atoms with Gasteiger partial charge in [0.1, 0.15) is 19.4 Å². The van der Waals surface area contributed by atoms with Crippen LogP contribution in [0.2, 0.25) is 0 Å². The van der Waals surface area contributed by atoms with Gasteiger partial charge >= 0.3 is 0 Å². The molecule has 1 aromatic rings. The molecule has 0 aliphatic rings. The third-order valence-corrected chi connectivity index (χ3v) is 0.611. The van der Waals surface area contributed by atoms with Gasteiger partial charge < -0.3 is 16.6 Å². The summed E-state index contributed by atoms with van der Waals surface area (Å²) in [5, 5.41) is 11.9. The number of nitrogens with zero attached hydrogens (tertiary/aromatic N) is 3. The molecule has 0 spiro atoms. The summed E-state index contributed by atoms with van der Waals surface area (Å²) >= 11 is 4.09. The van der Waals surface area contributed by atoms with Gasteiger partial charge in [0, 0.05) is 0 Å². The van der Waals surface area contributed by atoms with Gasteiger partial charge in [-0.15, -0.1) is 0 Å². The van der Waals surface area contributed by atoms with Gasteiger partial charge in [-0.25, -0.2) is 9.67 Å². The van der Waals surface area contributed by atoms with Crippen LogP contribution >= 0.6 is 12.2 Å². The van der Waals surface area contributed by atoms with Gasteiger partial charge in [0.2, 0.25) is 0 Å². The number of thiocarbonyl (C=S) groups is 1. The van der Waals surface area contributed by atoms with Crippen molar-refractivity contribution < 1.29 is 5.11 Å². The first-order chi connectivity index (χ1) is 5.16. The third kappa shape index (κ3) is 6.68. The molecule has 0 saturated carbocycles. The van der Waals surface area contributed by atoms with Crippen molar-refractivity contribution in [3.8, 4) is 0 Å². The summed E-state index contributed by atoms with van der Waals surface area (Å²) in [4.78, 5) is 3.58. The van der Waals surface area contributed by atoms with Crippen molar-refractivity contribution >= 4 is 17.3 Å². The summed E-state index contributed by atoms with van der Waals surface area (Å²) in [6.07, 6.45) is 2.82. The van der Waals surface area contributed by atoms with E-state index in [4.69, 9.17) is 5.11 Å². The fourth-order valence-corrected chi connectivity index (χ4v) is 0.306. The summed E-state index contributed by atoms with van der Waals surface area (Å²) in [6, 6.07) is 0. The zero-order valence-corrected chi connectivity index (χ0v) is 6.53. The molecule has 0 fully saturated rings. The van der Waals surface area contributed by atoms with Gasteiger partial charge in [-0.1, -0.05) is 0 Å². The molecule has 0 aliphatic heterocycles. The van der Waals surface area contributed by atoms with Gasteiger partial charge in [0.05, 0.1) is 0 Å². The highest BCUT2D eigenvalue weighted by Gasteiger charge is 1.79. The molecule has 0 saturated heterocycles. The lowest BCUT2D eigenvalue weighted by molar-refractivity contribution is 0.195. The number of nitrogens with two attached hydrogens (primary N) is 2. The maximum absolute atomic E-state index is 8.29. The van der Waals surface area contributed by atoms with Crippen LogP contribution in [0.3, 0.4) is 0 Å². The van der Waals surface area contributed by atoms with Crippen molar-refractivity contribution in [2.75, 3.05) is 0 Å². The number of aliphatic hydroxyl groups excluding tert-OH is 1. The van der Waals surface area contributed by atoms with E-state index in [1.54, 1.807) is 0 Å². The SMILES string of the molecule is NC(N)=S.OCn1cncn1. The average molecular weight is 175 g/mol. The molecule has 0 aliphatic carbocycles. The Bertz CT molecular complexity index is 194. The fourth-order valence-electron chi connectivity index (χ4n) is 0.306. The first-order valence-electron chi connectivity index (χ1n) is 2.65. The average Bonchev–Trinajstić information content (AvgIpc) is 2.36. The highest BCUT2D eigenvalue weighted by molar-refractivity contribution is 7.80. The number of hydrogen-bond donors (Lipinski definition) is 3. The largest absolute Gasteiger partial charge is 0.377 e. The minimum absolute atomic E-state index is 0.000000000000000222. The van der Waals surface area contributed by atoms with E-state index in [0.717, 1.165) is 0 Å². The third-order valence-electron chi connectivity index (χ3n) is 0.611. The summed E-state index contributed by atoms with van der Waals surface area (Å²) in [5.41, 5.74) is 9.24. The molecule has 5 N–H and O–H groups in total. The van der Waals surface area contributed by atoms with Crippen LogP contribution in [-0.2, 0) is 6.73 Å². The Hall–Kier alpha value is -1.21. The quantitative estimate of drug-likeness (QED) is 0.445. The molecule has 0 unspecified atom stereocenters. The minimum Gasteiger partial charge on any atom is -0.377 e. The summed E-state index contributed by atoms with van der Waals surface area (Å²) in [5.74, 6) is 0. The predicted octanol–water partition coefficient (Wildman–Crippen LogP) is -1.58. The second-order valence-corrected chi connectivity index (χ2v) is 1.95. The Kier molecular flexibility index (Phi) is 4.95. The van der Waals surface area contributed by atoms with Crippen molar-refractivity contribution in [2.45, 2.75) is 6.73 Å². The van der Waals surface area contributed by atoms with Crippen LogP contribution in [0.25, 0.3) is 0 Å². The topological polar surface area (TPSA) is 103 Å². The Morgan fingerprint density at radius 2 is 2.18 bits per heavy atom. The lowest BCUT2D eigenvalue weighted by Gasteiger charge is -1.85. The number of aromatic nitrogens is 3. The van der Waals surface area contributed by atoms with Gasteiger partial charge in [-0.3, -0.25) is 0 Å². The number of rotatable bonds is 1. The monoisotopic (exact) mass is 175 g/mol. The van der Waals surface area contributed by atoms with Crippen LogP contribution in [-0.4, -0.2) is 25.0 Å². The maximum atomic E-state index is 8.29. The normalized spacial score (nSPS) is 8.09. The van der Waals surface area contributed by atoms with Crippen molar-refractivity contribution in [2.24, 2.45) is 11.5 Å². The molecule has 0 amide bonds. The molecule has 11 heavy (non-hydrogen) atoms. The lowest BCUT2D eigenvalue weighted by Crippen LogP contribution is -2.18. The Balaban J connectivity index is 0.000000218. The molecule has 1 heterocycles. The van der Waals surface area contributed by atoms with Crippen molar-refractivity contribution in [1.29, 1.82) is 0 Å². The molecule has 1 aromatic heterocycles. The Labute approximate surface area is 68.8 Å². The van der Waals surface area contributed by atoms with Crippen LogP contribution in [0.4, 0.5) is 0 Å². The van der Waals surface area contributed by atoms with Gasteiger partial charge in [0.15, 0.2) is 5.11 Å². The van der Waals surface area contributed by atoms with Crippen LogP contribution < -0.4 is 11.5 Å². The second kappa shape index (κ2) is 5.57. The van der Waals surface area contributed by atoms with Crippen LogP contribution in [0.15, 0.2) is 12.7 Å². The van der Waals surface area contributed by atoms with E-state index in [1.807, 2.05) is 0 Å². The zero-order valence-electron chi connectivity index (χ0n) is 5.71. The van der Waals surface area contributed by atoms with E-state index >= 15 is 0 Å². The predicted molar refractivity (Wildman–Crippen MR) is 43.2 cm³/mol. The van der Waals surface area contributed by atoms with Gasteiger partial charge in [0.25, 0.3) is 0 Å². The number of hydrogen-bond acceptors (Lipinski definition) is 4. The summed E-state index contributed by atoms with van der Waals surface area (Å²) in [7, 11) is 0. The molecule has 6 nitrogen and oxygen atoms in total. The number of aliphatic hydroxyl groups is 1.